The van der Waals surface area contributed by atoms with Gasteiger partial charge < -0.3 is 14.8 Å². The fourth-order valence-corrected chi connectivity index (χ4v) is 2.72. The van der Waals surface area contributed by atoms with Crippen LogP contribution in [0.2, 0.25) is 5.02 Å². The summed E-state index contributed by atoms with van der Waals surface area (Å²) in [6, 6.07) is 19.5. The molecular formula is C20H21Cl2NO2. The minimum absolute atomic E-state index is 0. The zero-order valence-corrected chi connectivity index (χ0v) is 15.5. The molecule has 2 aromatic carbocycles. The van der Waals surface area contributed by atoms with Gasteiger partial charge in [0.25, 0.3) is 0 Å². The van der Waals surface area contributed by atoms with Gasteiger partial charge in [0.2, 0.25) is 0 Å². The Morgan fingerprint density at radius 2 is 1.72 bits per heavy atom. The smallest absolute Gasteiger partial charge is 0.134 e. The SMILES string of the molecule is CC(O)c1ccc(-c2ccc(CNCc3ccccc3Cl)o2)cc1.Cl. The molecule has 0 bridgehead atoms. The average molecular weight is 378 g/mol. The summed E-state index contributed by atoms with van der Waals surface area (Å²) < 4.78 is 5.88. The van der Waals surface area contributed by atoms with E-state index in [1.54, 1.807) is 6.92 Å². The van der Waals surface area contributed by atoms with Crippen LogP contribution in [0.15, 0.2) is 65.1 Å². The number of aliphatic hydroxyl groups excluding tert-OH is 1. The molecule has 0 radical (unpaired) electrons. The molecular weight excluding hydrogens is 357 g/mol. The summed E-state index contributed by atoms with van der Waals surface area (Å²) >= 11 is 6.14. The Morgan fingerprint density at radius 3 is 2.40 bits per heavy atom. The summed E-state index contributed by atoms with van der Waals surface area (Å²) in [5.41, 5.74) is 2.96. The molecule has 0 spiro atoms. The fraction of sp³-hybridized carbons (Fsp3) is 0.200. The Hall–Kier alpha value is -1.78. The summed E-state index contributed by atoms with van der Waals surface area (Å²) in [6.45, 7) is 3.08. The highest BCUT2D eigenvalue weighted by Crippen LogP contribution is 2.24. The van der Waals surface area contributed by atoms with E-state index in [9.17, 15) is 5.11 Å². The van der Waals surface area contributed by atoms with Gasteiger partial charge in [-0.1, -0.05) is 54.1 Å². The maximum atomic E-state index is 9.56. The minimum Gasteiger partial charge on any atom is -0.460 e. The van der Waals surface area contributed by atoms with Crippen LogP contribution in [-0.4, -0.2) is 5.11 Å². The first-order chi connectivity index (χ1) is 11.6. The molecule has 1 heterocycles. The number of aliphatic hydroxyl groups is 1. The molecule has 1 unspecified atom stereocenters. The van der Waals surface area contributed by atoms with Gasteiger partial charge in [0.1, 0.15) is 11.5 Å². The van der Waals surface area contributed by atoms with Crippen LogP contribution >= 0.6 is 24.0 Å². The van der Waals surface area contributed by atoms with Crippen molar-refractivity contribution in [2.75, 3.05) is 0 Å². The van der Waals surface area contributed by atoms with Gasteiger partial charge in [0.15, 0.2) is 0 Å². The van der Waals surface area contributed by atoms with Gasteiger partial charge in [-0.05, 0) is 36.2 Å². The van der Waals surface area contributed by atoms with E-state index in [1.807, 2.05) is 60.7 Å². The summed E-state index contributed by atoms with van der Waals surface area (Å²) in [6.07, 6.45) is -0.458. The molecule has 132 valence electrons. The molecule has 0 aliphatic heterocycles. The highest BCUT2D eigenvalue weighted by atomic mass is 35.5. The predicted molar refractivity (Wildman–Crippen MR) is 104 cm³/mol. The summed E-state index contributed by atoms with van der Waals surface area (Å²) in [5.74, 6) is 1.69. The van der Waals surface area contributed by atoms with E-state index in [2.05, 4.69) is 5.32 Å². The topological polar surface area (TPSA) is 45.4 Å². The first-order valence-corrected chi connectivity index (χ1v) is 8.32. The number of hydrogen-bond acceptors (Lipinski definition) is 3. The van der Waals surface area contributed by atoms with Crippen molar-refractivity contribution in [1.82, 2.24) is 5.32 Å². The van der Waals surface area contributed by atoms with Crippen LogP contribution in [0, 0.1) is 0 Å². The Morgan fingerprint density at radius 1 is 1.00 bits per heavy atom. The summed E-state index contributed by atoms with van der Waals surface area (Å²) in [7, 11) is 0. The highest BCUT2D eigenvalue weighted by Gasteiger charge is 2.07. The van der Waals surface area contributed by atoms with Gasteiger partial charge in [-0.2, -0.15) is 0 Å². The normalized spacial score (nSPS) is 11.8. The maximum Gasteiger partial charge on any atom is 0.134 e. The fourth-order valence-electron chi connectivity index (χ4n) is 2.52. The third-order valence-corrected chi connectivity index (χ3v) is 4.28. The highest BCUT2D eigenvalue weighted by molar-refractivity contribution is 6.31. The second-order valence-electron chi connectivity index (χ2n) is 5.76. The zero-order chi connectivity index (χ0) is 16.9. The average Bonchev–Trinajstić information content (AvgIpc) is 3.05. The first-order valence-electron chi connectivity index (χ1n) is 7.95. The summed E-state index contributed by atoms with van der Waals surface area (Å²) in [4.78, 5) is 0. The van der Waals surface area contributed by atoms with Crippen LogP contribution in [0.25, 0.3) is 11.3 Å². The monoisotopic (exact) mass is 377 g/mol. The third-order valence-electron chi connectivity index (χ3n) is 3.91. The molecule has 0 amide bonds. The lowest BCUT2D eigenvalue weighted by atomic mass is 10.1. The molecule has 0 aliphatic carbocycles. The number of rotatable bonds is 6. The summed E-state index contributed by atoms with van der Waals surface area (Å²) in [5, 5.41) is 13.7. The van der Waals surface area contributed by atoms with Crippen molar-refractivity contribution in [3.05, 3.63) is 82.6 Å². The van der Waals surface area contributed by atoms with Crippen LogP contribution in [0.1, 0.15) is 29.9 Å². The Bertz CT molecular complexity index is 797. The molecule has 25 heavy (non-hydrogen) atoms. The molecule has 0 saturated carbocycles. The Balaban J connectivity index is 0.00000225. The van der Waals surface area contributed by atoms with Crippen LogP contribution in [-0.2, 0) is 13.1 Å². The maximum absolute atomic E-state index is 9.56. The Kier molecular flexibility index (Phi) is 7.09. The van der Waals surface area contributed by atoms with Crippen molar-refractivity contribution in [3.63, 3.8) is 0 Å². The van der Waals surface area contributed by atoms with E-state index in [4.69, 9.17) is 16.0 Å². The third kappa shape index (κ3) is 5.10. The van der Waals surface area contributed by atoms with Crippen molar-refractivity contribution in [2.24, 2.45) is 0 Å². The molecule has 0 saturated heterocycles. The van der Waals surface area contributed by atoms with E-state index >= 15 is 0 Å². The van der Waals surface area contributed by atoms with E-state index < -0.39 is 6.10 Å². The number of furan rings is 1. The number of hydrogen-bond donors (Lipinski definition) is 2. The first kappa shape index (κ1) is 19.5. The Labute approximate surface area is 159 Å². The van der Waals surface area contributed by atoms with E-state index in [0.717, 1.165) is 33.2 Å². The van der Waals surface area contributed by atoms with Gasteiger partial charge in [-0.25, -0.2) is 0 Å². The molecule has 3 aromatic rings. The minimum atomic E-state index is -0.458. The van der Waals surface area contributed by atoms with Crippen LogP contribution in [0.3, 0.4) is 0 Å². The number of halogens is 2. The van der Waals surface area contributed by atoms with E-state index in [-0.39, 0.29) is 12.4 Å². The van der Waals surface area contributed by atoms with Gasteiger partial charge in [0, 0.05) is 17.1 Å². The van der Waals surface area contributed by atoms with E-state index in [1.165, 1.54) is 0 Å². The number of nitrogens with one attached hydrogen (secondary N) is 1. The second-order valence-corrected chi connectivity index (χ2v) is 6.17. The molecule has 0 aliphatic rings. The van der Waals surface area contributed by atoms with Crippen LogP contribution < -0.4 is 5.32 Å². The number of benzene rings is 2. The van der Waals surface area contributed by atoms with Crippen molar-refractivity contribution in [1.29, 1.82) is 0 Å². The lowest BCUT2D eigenvalue weighted by molar-refractivity contribution is 0.199. The van der Waals surface area contributed by atoms with Crippen molar-refractivity contribution in [2.45, 2.75) is 26.1 Å². The quantitative estimate of drug-likeness (QED) is 0.607. The molecule has 3 rings (SSSR count). The molecule has 3 nitrogen and oxygen atoms in total. The second kappa shape index (κ2) is 9.07. The largest absolute Gasteiger partial charge is 0.460 e. The zero-order valence-electron chi connectivity index (χ0n) is 13.9. The van der Waals surface area contributed by atoms with Crippen LogP contribution in [0.5, 0.6) is 0 Å². The van der Waals surface area contributed by atoms with Gasteiger partial charge in [-0.15, -0.1) is 12.4 Å². The molecule has 1 aromatic heterocycles. The van der Waals surface area contributed by atoms with Crippen LogP contribution in [0.4, 0.5) is 0 Å². The molecule has 5 heteroatoms. The molecule has 0 fully saturated rings. The standard InChI is InChI=1S/C20H20ClNO2.ClH/c1-14(23)15-6-8-16(9-7-15)20-11-10-18(24-20)13-22-12-17-4-2-3-5-19(17)21;/h2-11,14,22-23H,12-13H2,1H3;1H. The van der Waals surface area contributed by atoms with E-state index in [0.29, 0.717) is 13.1 Å². The molecule has 1 atom stereocenters. The lowest BCUT2D eigenvalue weighted by Gasteiger charge is -2.06. The van der Waals surface area contributed by atoms with Gasteiger partial charge in [-0.3, -0.25) is 0 Å². The predicted octanol–water partition coefficient (Wildman–Crippen LogP) is 5.36. The van der Waals surface area contributed by atoms with Crippen molar-refractivity contribution >= 4 is 24.0 Å². The molecule has 2 N–H and O–H groups in total. The van der Waals surface area contributed by atoms with Crippen molar-refractivity contribution < 1.29 is 9.52 Å². The van der Waals surface area contributed by atoms with Crippen molar-refractivity contribution in [3.8, 4) is 11.3 Å². The van der Waals surface area contributed by atoms with Gasteiger partial charge in [0.05, 0.1) is 12.6 Å². The van der Waals surface area contributed by atoms with Gasteiger partial charge >= 0.3 is 0 Å². The lowest BCUT2D eigenvalue weighted by Crippen LogP contribution is -2.12.